The zero-order chi connectivity index (χ0) is 13.8. The minimum absolute atomic E-state index is 0.00811. The number of carbonyl (C=O) groups excluding carboxylic acids is 1. The van der Waals surface area contributed by atoms with Crippen LogP contribution in [0.2, 0.25) is 0 Å². The van der Waals surface area contributed by atoms with Gasteiger partial charge >= 0.3 is 5.97 Å². The van der Waals surface area contributed by atoms with Crippen LogP contribution in [0.5, 0.6) is 0 Å². The van der Waals surface area contributed by atoms with Gasteiger partial charge in [-0.15, -0.1) is 0 Å². The topological polar surface area (TPSA) is 101 Å². The number of nitrogens with one attached hydrogen (secondary N) is 1. The lowest BCUT2D eigenvalue weighted by Crippen LogP contribution is -2.18. The van der Waals surface area contributed by atoms with Gasteiger partial charge in [0, 0.05) is 0 Å². The van der Waals surface area contributed by atoms with Crippen molar-refractivity contribution in [2.45, 2.75) is 18.2 Å². The van der Waals surface area contributed by atoms with Crippen LogP contribution in [0.3, 0.4) is 0 Å². The molecule has 0 fully saturated rings. The summed E-state index contributed by atoms with van der Waals surface area (Å²) in [5.41, 5.74) is 0.102. The number of carboxylic acid groups (broad SMARTS) is 1. The first-order chi connectivity index (χ1) is 8.36. The van der Waals surface area contributed by atoms with Crippen molar-refractivity contribution < 1.29 is 23.1 Å². The highest BCUT2D eigenvalue weighted by Gasteiger charge is 2.18. The molecule has 7 heteroatoms. The molecular formula is C11H13NO5S. The summed E-state index contributed by atoms with van der Waals surface area (Å²) in [6.07, 6.45) is -0.708. The van der Waals surface area contributed by atoms with Crippen molar-refractivity contribution in [1.29, 1.82) is 0 Å². The molecule has 1 rings (SSSR count). The maximum Gasteiger partial charge on any atom is 0.312 e. The predicted molar refractivity (Wildman–Crippen MR) is 65.1 cm³/mol. The van der Waals surface area contributed by atoms with Crippen LogP contribution in [0.25, 0.3) is 0 Å². The summed E-state index contributed by atoms with van der Waals surface area (Å²) in [4.78, 5) is 21.7. The summed E-state index contributed by atoms with van der Waals surface area (Å²) in [5, 5.41) is 10.7. The minimum Gasteiger partial charge on any atom is -0.481 e. The van der Waals surface area contributed by atoms with E-state index in [4.69, 9.17) is 5.11 Å². The third-order valence-electron chi connectivity index (χ3n) is 2.19. The van der Waals surface area contributed by atoms with Crippen LogP contribution in [0.15, 0.2) is 29.2 Å². The molecule has 1 aromatic rings. The zero-order valence-electron chi connectivity index (χ0n) is 9.71. The summed E-state index contributed by atoms with van der Waals surface area (Å²) < 4.78 is 23.5. The number of para-hydroxylation sites is 1. The molecular weight excluding hydrogens is 258 g/mol. The lowest BCUT2D eigenvalue weighted by Gasteiger charge is -2.09. The largest absolute Gasteiger partial charge is 0.481 e. The molecule has 6 nitrogen and oxygen atoms in total. The molecule has 0 saturated heterocycles. The van der Waals surface area contributed by atoms with Crippen molar-refractivity contribution in [2.75, 3.05) is 11.1 Å². The van der Waals surface area contributed by atoms with Gasteiger partial charge in [-0.05, 0) is 12.1 Å². The van der Waals surface area contributed by atoms with Crippen LogP contribution in [0, 0.1) is 0 Å². The van der Waals surface area contributed by atoms with Crippen molar-refractivity contribution in [3.8, 4) is 0 Å². The number of rotatable bonds is 5. The highest BCUT2D eigenvalue weighted by atomic mass is 32.2. The zero-order valence-corrected chi connectivity index (χ0v) is 10.5. The number of hydrogen-bond donors (Lipinski definition) is 2. The van der Waals surface area contributed by atoms with Gasteiger partial charge in [0.25, 0.3) is 0 Å². The Balaban J connectivity index is 3.04. The van der Waals surface area contributed by atoms with E-state index in [-0.39, 0.29) is 16.3 Å². The lowest BCUT2D eigenvalue weighted by molar-refractivity contribution is -0.139. The number of carbonyl (C=O) groups is 2. The predicted octanol–water partition coefficient (Wildman–Crippen LogP) is 0.893. The van der Waals surface area contributed by atoms with Gasteiger partial charge in [0.15, 0.2) is 9.84 Å². The first-order valence-corrected chi connectivity index (χ1v) is 6.85. The van der Waals surface area contributed by atoms with Crippen LogP contribution < -0.4 is 5.32 Å². The summed E-state index contributed by atoms with van der Waals surface area (Å²) in [6, 6.07) is 5.89. The van der Waals surface area contributed by atoms with Crippen LogP contribution in [-0.2, 0) is 19.4 Å². The van der Waals surface area contributed by atoms with E-state index >= 15 is 0 Å². The van der Waals surface area contributed by atoms with Gasteiger partial charge in [0.2, 0.25) is 5.91 Å². The highest BCUT2D eigenvalue weighted by Crippen LogP contribution is 2.22. The fraction of sp³-hybridized carbons (Fsp3) is 0.273. The second-order valence-electron chi connectivity index (χ2n) is 3.52. The van der Waals surface area contributed by atoms with Crippen LogP contribution in [0.4, 0.5) is 5.69 Å². The molecule has 0 aliphatic heterocycles. The number of amides is 1. The van der Waals surface area contributed by atoms with E-state index in [0.717, 1.165) is 0 Å². The van der Waals surface area contributed by atoms with Crippen LogP contribution in [0.1, 0.15) is 13.3 Å². The third-order valence-corrected chi connectivity index (χ3v) is 3.97. The summed E-state index contributed by atoms with van der Waals surface area (Å²) in [5.74, 6) is -2.14. The molecule has 0 aliphatic carbocycles. The SMILES string of the molecule is CCS(=O)(=O)c1ccccc1NC(=O)CC(=O)O. The van der Waals surface area contributed by atoms with Gasteiger partial charge in [0.05, 0.1) is 16.3 Å². The average Bonchev–Trinajstić information content (AvgIpc) is 2.28. The molecule has 2 N–H and O–H groups in total. The van der Waals surface area contributed by atoms with Gasteiger partial charge < -0.3 is 10.4 Å². The Hall–Kier alpha value is -1.89. The number of hydrogen-bond acceptors (Lipinski definition) is 4. The van der Waals surface area contributed by atoms with Crippen molar-refractivity contribution in [3.63, 3.8) is 0 Å². The van der Waals surface area contributed by atoms with Crippen molar-refractivity contribution >= 4 is 27.4 Å². The van der Waals surface area contributed by atoms with Gasteiger partial charge in [-0.25, -0.2) is 8.42 Å². The number of benzene rings is 1. The monoisotopic (exact) mass is 271 g/mol. The van der Waals surface area contributed by atoms with Gasteiger partial charge in [-0.2, -0.15) is 0 Å². The van der Waals surface area contributed by atoms with E-state index in [1.165, 1.54) is 25.1 Å². The highest BCUT2D eigenvalue weighted by molar-refractivity contribution is 7.91. The fourth-order valence-electron chi connectivity index (χ4n) is 1.33. The Morgan fingerprint density at radius 1 is 1.28 bits per heavy atom. The quantitative estimate of drug-likeness (QED) is 0.775. The molecule has 0 atom stereocenters. The van der Waals surface area contributed by atoms with E-state index in [9.17, 15) is 18.0 Å². The maximum atomic E-state index is 11.8. The number of sulfone groups is 1. The summed E-state index contributed by atoms with van der Waals surface area (Å²) >= 11 is 0. The molecule has 0 saturated carbocycles. The standard InChI is InChI=1S/C11H13NO5S/c1-2-18(16,17)9-6-4-3-5-8(9)12-10(13)7-11(14)15/h3-6H,2,7H2,1H3,(H,12,13)(H,14,15). The minimum atomic E-state index is -3.47. The Bertz CT molecular complexity index is 565. The molecule has 0 spiro atoms. The first kappa shape index (κ1) is 14.2. The van der Waals surface area contributed by atoms with Gasteiger partial charge in [0.1, 0.15) is 6.42 Å². The van der Waals surface area contributed by atoms with E-state index in [2.05, 4.69) is 5.32 Å². The van der Waals surface area contributed by atoms with E-state index in [1.807, 2.05) is 0 Å². The Kier molecular flexibility index (Phi) is 4.43. The molecule has 0 unspecified atom stereocenters. The van der Waals surface area contributed by atoms with Crippen LogP contribution >= 0.6 is 0 Å². The van der Waals surface area contributed by atoms with Gasteiger partial charge in [-0.1, -0.05) is 19.1 Å². The van der Waals surface area contributed by atoms with E-state index in [1.54, 1.807) is 6.07 Å². The molecule has 1 aromatic carbocycles. The molecule has 0 aliphatic rings. The van der Waals surface area contributed by atoms with E-state index < -0.39 is 28.1 Å². The summed E-state index contributed by atoms with van der Waals surface area (Å²) in [6.45, 7) is 1.49. The molecule has 0 heterocycles. The maximum absolute atomic E-state index is 11.8. The molecule has 18 heavy (non-hydrogen) atoms. The number of aliphatic carboxylic acids is 1. The average molecular weight is 271 g/mol. The normalized spacial score (nSPS) is 10.9. The number of carboxylic acids is 1. The lowest BCUT2D eigenvalue weighted by atomic mass is 10.3. The Labute approximate surface area is 105 Å². The Morgan fingerprint density at radius 3 is 2.44 bits per heavy atom. The smallest absolute Gasteiger partial charge is 0.312 e. The molecule has 98 valence electrons. The number of anilines is 1. The molecule has 0 bridgehead atoms. The third kappa shape index (κ3) is 3.56. The van der Waals surface area contributed by atoms with Crippen molar-refractivity contribution in [1.82, 2.24) is 0 Å². The first-order valence-electron chi connectivity index (χ1n) is 5.20. The second-order valence-corrected chi connectivity index (χ2v) is 5.76. The molecule has 0 aromatic heterocycles. The van der Waals surface area contributed by atoms with Crippen LogP contribution in [-0.4, -0.2) is 31.2 Å². The second kappa shape index (κ2) is 5.63. The van der Waals surface area contributed by atoms with Crippen molar-refractivity contribution in [3.05, 3.63) is 24.3 Å². The Morgan fingerprint density at radius 2 is 1.89 bits per heavy atom. The van der Waals surface area contributed by atoms with Gasteiger partial charge in [-0.3, -0.25) is 9.59 Å². The fourth-order valence-corrected chi connectivity index (χ4v) is 2.38. The van der Waals surface area contributed by atoms with E-state index in [0.29, 0.717) is 0 Å². The van der Waals surface area contributed by atoms with Crippen molar-refractivity contribution in [2.24, 2.45) is 0 Å². The summed E-state index contributed by atoms with van der Waals surface area (Å²) in [7, 11) is -3.47. The molecule has 1 amide bonds. The molecule has 0 radical (unpaired) electrons.